The summed E-state index contributed by atoms with van der Waals surface area (Å²) in [4.78, 5) is 17.8. The van der Waals surface area contributed by atoms with Crippen molar-refractivity contribution in [2.24, 2.45) is 0 Å². The Kier molecular flexibility index (Phi) is 7.01. The predicted octanol–water partition coefficient (Wildman–Crippen LogP) is 5.26. The van der Waals surface area contributed by atoms with Crippen molar-refractivity contribution in [1.82, 2.24) is 4.98 Å². The molecule has 1 aliphatic rings. The maximum absolute atomic E-state index is 11.3. The molecule has 0 aliphatic carbocycles. The second kappa shape index (κ2) is 9.49. The highest BCUT2D eigenvalue weighted by atomic mass is 35.5. The maximum Gasteiger partial charge on any atom is 0.234 e. The molecule has 0 radical (unpaired) electrons. The average molecular weight is 417 g/mol. The van der Waals surface area contributed by atoms with E-state index < -0.39 is 0 Å². The smallest absolute Gasteiger partial charge is 0.234 e. The van der Waals surface area contributed by atoms with Gasteiger partial charge in [0.1, 0.15) is 22.7 Å². The number of halogens is 1. The van der Waals surface area contributed by atoms with Crippen LogP contribution in [0.5, 0.6) is 11.6 Å². The number of ether oxygens (including phenoxy) is 2. The molecule has 0 bridgehead atoms. The van der Waals surface area contributed by atoms with Crippen molar-refractivity contribution in [2.75, 3.05) is 18.0 Å². The lowest BCUT2D eigenvalue weighted by Crippen LogP contribution is -2.25. The molecule has 2 atom stereocenters. The fourth-order valence-electron chi connectivity index (χ4n) is 3.62. The van der Waals surface area contributed by atoms with Crippen LogP contribution in [-0.2, 0) is 4.79 Å². The van der Waals surface area contributed by atoms with Gasteiger partial charge >= 0.3 is 0 Å². The molecule has 29 heavy (non-hydrogen) atoms. The maximum atomic E-state index is 11.3. The summed E-state index contributed by atoms with van der Waals surface area (Å²) >= 11 is 6.53. The minimum atomic E-state index is 0.0195. The van der Waals surface area contributed by atoms with Crippen molar-refractivity contribution in [3.8, 4) is 11.6 Å². The van der Waals surface area contributed by atoms with Gasteiger partial charge in [-0.3, -0.25) is 0 Å². The molecule has 6 heteroatoms. The van der Waals surface area contributed by atoms with Gasteiger partial charge in [0.2, 0.25) is 5.88 Å². The third kappa shape index (κ3) is 5.63. The lowest BCUT2D eigenvalue weighted by molar-refractivity contribution is -0.117. The molecule has 0 N–H and O–H groups in total. The van der Waals surface area contributed by atoms with Crippen molar-refractivity contribution in [2.45, 2.75) is 58.7 Å². The molecule has 0 spiro atoms. The Morgan fingerprint density at radius 1 is 1.24 bits per heavy atom. The highest BCUT2D eigenvalue weighted by Gasteiger charge is 2.27. The molecule has 1 fully saturated rings. The zero-order valence-corrected chi connectivity index (χ0v) is 18.3. The number of Topliss-reactive ketones (excluding diaryl/α,β-unsaturated/α-hetero) is 1. The standard InChI is InChI=1S/C23H29ClN2O3/c1-15(2)28-23-22(24)21(9-11-25-23)26-12-10-20(14-26)29-19-7-5-18(6-8-19)16(3)13-17(4)27/h5-9,11,15-16,20H,10,12-14H2,1-4H3/t16-,20-/m1/s1. The third-order valence-corrected chi connectivity index (χ3v) is 5.37. The van der Waals surface area contributed by atoms with Crippen LogP contribution in [0.1, 0.15) is 52.0 Å². The Hall–Kier alpha value is -2.27. The first-order chi connectivity index (χ1) is 13.8. The van der Waals surface area contributed by atoms with Crippen LogP contribution in [0.4, 0.5) is 5.69 Å². The van der Waals surface area contributed by atoms with E-state index in [2.05, 4.69) is 16.8 Å². The molecule has 0 saturated carbocycles. The van der Waals surface area contributed by atoms with Crippen LogP contribution in [0.2, 0.25) is 5.02 Å². The van der Waals surface area contributed by atoms with E-state index in [-0.39, 0.29) is 23.9 Å². The van der Waals surface area contributed by atoms with E-state index in [0.717, 1.165) is 36.5 Å². The van der Waals surface area contributed by atoms with Gasteiger partial charge in [-0.15, -0.1) is 0 Å². The zero-order valence-electron chi connectivity index (χ0n) is 17.5. The van der Waals surface area contributed by atoms with Gasteiger partial charge in [-0.25, -0.2) is 4.98 Å². The van der Waals surface area contributed by atoms with Crippen LogP contribution in [0, 0.1) is 0 Å². The molecule has 1 aliphatic heterocycles. The molecule has 0 amide bonds. The van der Waals surface area contributed by atoms with Crippen LogP contribution < -0.4 is 14.4 Å². The molecular weight excluding hydrogens is 388 g/mol. The Morgan fingerprint density at radius 3 is 2.62 bits per heavy atom. The topological polar surface area (TPSA) is 51.7 Å². The fraction of sp³-hybridized carbons (Fsp3) is 0.478. The van der Waals surface area contributed by atoms with Crippen molar-refractivity contribution in [3.05, 3.63) is 47.1 Å². The number of nitrogens with zero attached hydrogens (tertiary/aromatic N) is 2. The quantitative estimate of drug-likeness (QED) is 0.587. The minimum Gasteiger partial charge on any atom is -0.489 e. The average Bonchev–Trinajstić information content (AvgIpc) is 3.11. The van der Waals surface area contributed by atoms with Crippen LogP contribution >= 0.6 is 11.6 Å². The first-order valence-corrected chi connectivity index (χ1v) is 10.5. The summed E-state index contributed by atoms with van der Waals surface area (Å²) in [5.74, 6) is 1.75. The normalized spacial score (nSPS) is 17.4. The number of benzene rings is 1. The number of carbonyl (C=O) groups is 1. The number of anilines is 1. The Balaban J connectivity index is 1.61. The molecule has 2 aromatic rings. The number of pyridine rings is 1. The number of hydrogen-bond donors (Lipinski definition) is 0. The summed E-state index contributed by atoms with van der Waals surface area (Å²) < 4.78 is 11.9. The molecular formula is C23H29ClN2O3. The summed E-state index contributed by atoms with van der Waals surface area (Å²) in [6.45, 7) is 9.23. The Morgan fingerprint density at radius 2 is 1.97 bits per heavy atom. The highest BCUT2D eigenvalue weighted by Crippen LogP contribution is 2.35. The van der Waals surface area contributed by atoms with Gasteiger partial charge in [-0.05, 0) is 50.5 Å². The van der Waals surface area contributed by atoms with Gasteiger partial charge < -0.3 is 19.2 Å². The number of rotatable bonds is 8. The van der Waals surface area contributed by atoms with Gasteiger partial charge in [-0.2, -0.15) is 0 Å². The molecule has 2 heterocycles. The van der Waals surface area contributed by atoms with Gasteiger partial charge in [0.15, 0.2) is 0 Å². The van der Waals surface area contributed by atoms with E-state index in [0.29, 0.717) is 17.3 Å². The Labute approximate surface area is 178 Å². The molecule has 0 unspecified atom stereocenters. The van der Waals surface area contributed by atoms with Crippen molar-refractivity contribution >= 4 is 23.1 Å². The first-order valence-electron chi connectivity index (χ1n) is 10.2. The molecule has 3 rings (SSSR count). The molecule has 5 nitrogen and oxygen atoms in total. The second-order valence-corrected chi connectivity index (χ2v) is 8.34. The minimum absolute atomic E-state index is 0.0195. The van der Waals surface area contributed by atoms with E-state index in [9.17, 15) is 4.79 Å². The van der Waals surface area contributed by atoms with Crippen LogP contribution in [0.15, 0.2) is 36.5 Å². The van der Waals surface area contributed by atoms with Gasteiger partial charge in [0.05, 0.1) is 18.3 Å². The molecule has 1 aromatic carbocycles. The largest absolute Gasteiger partial charge is 0.489 e. The van der Waals surface area contributed by atoms with E-state index in [1.807, 2.05) is 44.2 Å². The van der Waals surface area contributed by atoms with Gasteiger partial charge in [0, 0.05) is 25.6 Å². The SMILES string of the molecule is CC(=O)C[C@@H](C)c1ccc(O[C@@H]2CCN(c3ccnc(OC(C)C)c3Cl)C2)cc1. The number of hydrogen-bond acceptors (Lipinski definition) is 5. The number of aromatic nitrogens is 1. The van der Waals surface area contributed by atoms with E-state index in [1.54, 1.807) is 13.1 Å². The van der Waals surface area contributed by atoms with Crippen molar-refractivity contribution in [3.63, 3.8) is 0 Å². The van der Waals surface area contributed by atoms with Crippen molar-refractivity contribution < 1.29 is 14.3 Å². The van der Waals surface area contributed by atoms with Gasteiger partial charge in [-0.1, -0.05) is 30.7 Å². The third-order valence-electron chi connectivity index (χ3n) is 5.02. The summed E-state index contributed by atoms with van der Waals surface area (Å²) in [5, 5.41) is 0.547. The van der Waals surface area contributed by atoms with Crippen LogP contribution in [0.25, 0.3) is 0 Å². The lowest BCUT2D eigenvalue weighted by Gasteiger charge is -2.21. The summed E-state index contributed by atoms with van der Waals surface area (Å²) in [6.07, 6.45) is 3.32. The van der Waals surface area contributed by atoms with Crippen molar-refractivity contribution in [1.29, 1.82) is 0 Å². The number of carbonyl (C=O) groups excluding carboxylic acids is 1. The van der Waals surface area contributed by atoms with E-state index in [1.165, 1.54) is 0 Å². The monoisotopic (exact) mass is 416 g/mol. The lowest BCUT2D eigenvalue weighted by atomic mass is 9.96. The zero-order chi connectivity index (χ0) is 21.0. The first kappa shape index (κ1) is 21.4. The van der Waals surface area contributed by atoms with E-state index in [4.69, 9.17) is 21.1 Å². The second-order valence-electron chi connectivity index (χ2n) is 7.97. The molecule has 156 valence electrons. The van der Waals surface area contributed by atoms with Crippen LogP contribution in [0.3, 0.4) is 0 Å². The highest BCUT2D eigenvalue weighted by molar-refractivity contribution is 6.34. The number of ketones is 1. The fourth-order valence-corrected chi connectivity index (χ4v) is 3.90. The summed E-state index contributed by atoms with van der Waals surface area (Å²) in [5.41, 5.74) is 2.08. The Bertz CT molecular complexity index is 839. The predicted molar refractivity (Wildman–Crippen MR) is 116 cm³/mol. The summed E-state index contributed by atoms with van der Waals surface area (Å²) in [6, 6.07) is 9.99. The van der Waals surface area contributed by atoms with Gasteiger partial charge in [0.25, 0.3) is 0 Å². The van der Waals surface area contributed by atoms with Crippen LogP contribution in [-0.4, -0.2) is 36.1 Å². The summed E-state index contributed by atoms with van der Waals surface area (Å²) in [7, 11) is 0. The molecule has 1 aromatic heterocycles. The van der Waals surface area contributed by atoms with E-state index >= 15 is 0 Å². The molecule has 1 saturated heterocycles.